The summed E-state index contributed by atoms with van der Waals surface area (Å²) in [7, 11) is -15.7. The van der Waals surface area contributed by atoms with Crippen LogP contribution < -0.4 is 0 Å². The summed E-state index contributed by atoms with van der Waals surface area (Å²) in [6, 6.07) is 0. The minimum Gasteiger partial charge on any atom is -0.387 e. The maximum Gasteiger partial charge on any atom is 0.470 e. The lowest BCUT2D eigenvalue weighted by molar-refractivity contribution is -0.210. The predicted octanol–water partition coefficient (Wildman–Crippen LogP) is 0.606. The molecule has 0 heterocycles. The molecule has 0 amide bonds. The first kappa shape index (κ1) is 34.0. The van der Waals surface area contributed by atoms with Crippen molar-refractivity contribution in [3.8, 4) is 0 Å². The molecule has 1 aliphatic carbocycles. The van der Waals surface area contributed by atoms with Crippen LogP contribution in [0.1, 0.15) is 71.1 Å². The third-order valence-electron chi connectivity index (χ3n) is 5.49. The Balaban J connectivity index is 2.66. The van der Waals surface area contributed by atoms with Crippen molar-refractivity contribution in [3.05, 3.63) is 0 Å². The Hall–Kier alpha value is -0.0300. The van der Waals surface area contributed by atoms with Crippen LogP contribution in [0.25, 0.3) is 0 Å². The summed E-state index contributed by atoms with van der Waals surface area (Å²) in [5.41, 5.74) is 0. The van der Waals surface area contributed by atoms with E-state index in [0.717, 1.165) is 25.7 Å². The highest BCUT2D eigenvalue weighted by Gasteiger charge is 2.56. The first-order valence-electron chi connectivity index (χ1n) is 11.7. The maximum atomic E-state index is 12.2. The van der Waals surface area contributed by atoms with Gasteiger partial charge in [0.25, 0.3) is 0 Å². The van der Waals surface area contributed by atoms with E-state index in [4.69, 9.17) is 19.6 Å². The Kier molecular flexibility index (Phi) is 14.7. The lowest BCUT2D eigenvalue weighted by atomic mass is 9.85. The van der Waals surface area contributed by atoms with E-state index < -0.39 is 62.7 Å². The molecule has 0 aliphatic heterocycles. The van der Waals surface area contributed by atoms with Crippen LogP contribution in [0.15, 0.2) is 0 Å². The van der Waals surface area contributed by atoms with Crippen LogP contribution in [0.2, 0.25) is 0 Å². The molecule has 0 aromatic rings. The summed E-state index contributed by atoms with van der Waals surface area (Å²) in [5.74, 6) is 0. The van der Waals surface area contributed by atoms with Gasteiger partial charge in [-0.15, -0.1) is 0 Å². The predicted molar refractivity (Wildman–Crippen MR) is 123 cm³/mol. The van der Waals surface area contributed by atoms with E-state index in [0.29, 0.717) is 12.8 Å². The van der Waals surface area contributed by atoms with Gasteiger partial charge in [0.1, 0.15) is 36.6 Å². The zero-order valence-electron chi connectivity index (χ0n) is 19.9. The van der Waals surface area contributed by atoms with Crippen molar-refractivity contribution < 1.29 is 69.9 Å². The highest BCUT2D eigenvalue weighted by atomic mass is 32.3. The Morgan fingerprint density at radius 2 is 1.00 bits per heavy atom. The number of rotatable bonds is 18. The fraction of sp³-hybridized carbons (Fsp3) is 1.00. The van der Waals surface area contributed by atoms with Crippen molar-refractivity contribution in [2.24, 2.45) is 0 Å². The normalized spacial score (nSPS) is 27.9. The highest BCUT2D eigenvalue weighted by Crippen LogP contribution is 2.46. The maximum absolute atomic E-state index is 12.2. The highest BCUT2D eigenvalue weighted by molar-refractivity contribution is 7.81. The van der Waals surface area contributed by atoms with Gasteiger partial charge in [-0.1, -0.05) is 64.7 Å². The Labute approximate surface area is 210 Å². The monoisotopic (exact) mass is 588 g/mol. The molecule has 18 heteroatoms. The van der Waals surface area contributed by atoms with Crippen LogP contribution in [0.4, 0.5) is 0 Å². The van der Waals surface area contributed by atoms with Crippen molar-refractivity contribution in [2.45, 2.75) is 108 Å². The van der Waals surface area contributed by atoms with Gasteiger partial charge in [0, 0.05) is 0 Å². The third-order valence-corrected chi connectivity index (χ3v) is 7.44. The van der Waals surface area contributed by atoms with E-state index in [1.54, 1.807) is 0 Å². The largest absolute Gasteiger partial charge is 0.470 e. The topological polar surface area (TPSA) is 247 Å². The van der Waals surface area contributed by atoms with Gasteiger partial charge in [0.05, 0.1) is 6.61 Å². The number of phosphoric ester groups is 2. The van der Waals surface area contributed by atoms with Crippen LogP contribution in [-0.4, -0.2) is 86.5 Å². The molecule has 0 aromatic heterocycles. The molecular formula is C18H38O15P2S. The van der Waals surface area contributed by atoms with Crippen molar-refractivity contribution in [2.75, 3.05) is 6.61 Å². The standard InChI is InChI=1S/C18H38O15P2S/c1-2-3-4-5-6-7-8-9-10-11-12-30-36(28,29)33-18-14(20)16(31-34(22,23)24)13(19)17(15(18)21)32-35(25,26)27/h13-21H,2-12H2,1H3,(H2,22,23,24)(H2,25,26,27)/t13?,14-,15-,16-,17+,18?/m1/s1. The molecule has 36 heavy (non-hydrogen) atoms. The SMILES string of the molecule is CCCCCCCCCCCCOS(=O)(=O)OC1[C@H](O)[C@H](OP(=O)(O)O)C(O)[C@H](OP(=O)(O)O)[C@H]1O. The van der Waals surface area contributed by atoms with E-state index in [9.17, 15) is 32.9 Å². The molecule has 0 saturated heterocycles. The van der Waals surface area contributed by atoms with Crippen LogP contribution in [0.3, 0.4) is 0 Å². The molecule has 6 atom stereocenters. The van der Waals surface area contributed by atoms with Gasteiger partial charge in [0.2, 0.25) is 0 Å². The summed E-state index contributed by atoms with van der Waals surface area (Å²) in [4.78, 5) is 36.0. The number of aliphatic hydroxyl groups is 3. The minimum absolute atomic E-state index is 0.300. The molecular weight excluding hydrogens is 550 g/mol. The average Bonchev–Trinajstić information content (AvgIpc) is 2.74. The third kappa shape index (κ3) is 13.2. The van der Waals surface area contributed by atoms with Gasteiger partial charge in [-0.25, -0.2) is 17.5 Å². The number of aliphatic hydroxyl groups excluding tert-OH is 3. The Morgan fingerprint density at radius 1 is 0.639 bits per heavy atom. The lowest BCUT2D eigenvalue weighted by Gasteiger charge is -2.43. The Bertz CT molecular complexity index is 790. The lowest BCUT2D eigenvalue weighted by Crippen LogP contribution is -2.65. The first-order valence-corrected chi connectivity index (χ1v) is 16.1. The van der Waals surface area contributed by atoms with E-state index >= 15 is 0 Å². The summed E-state index contributed by atoms with van der Waals surface area (Å²) in [6.45, 7) is 1.84. The summed E-state index contributed by atoms with van der Waals surface area (Å²) in [5, 5.41) is 30.7. The van der Waals surface area contributed by atoms with Crippen molar-refractivity contribution >= 4 is 26.0 Å². The molecule has 1 fully saturated rings. The molecule has 1 saturated carbocycles. The van der Waals surface area contributed by atoms with Gasteiger partial charge < -0.3 is 34.9 Å². The average molecular weight is 589 g/mol. The molecule has 0 bridgehead atoms. The van der Waals surface area contributed by atoms with Crippen molar-refractivity contribution in [1.29, 1.82) is 0 Å². The Morgan fingerprint density at radius 3 is 1.39 bits per heavy atom. The van der Waals surface area contributed by atoms with Gasteiger partial charge in [-0.2, -0.15) is 8.42 Å². The second-order valence-electron chi connectivity index (χ2n) is 8.57. The van der Waals surface area contributed by atoms with Crippen molar-refractivity contribution in [3.63, 3.8) is 0 Å². The number of unbranched alkanes of at least 4 members (excludes halogenated alkanes) is 9. The number of hydrogen-bond acceptors (Lipinski definition) is 11. The molecule has 0 radical (unpaired) electrons. The first-order chi connectivity index (χ1) is 16.6. The molecule has 2 unspecified atom stereocenters. The summed E-state index contributed by atoms with van der Waals surface area (Å²) in [6.07, 6.45) is -4.32. The zero-order chi connectivity index (χ0) is 27.6. The van der Waals surface area contributed by atoms with Gasteiger partial charge >= 0.3 is 26.0 Å². The summed E-state index contributed by atoms with van der Waals surface area (Å²) < 4.78 is 64.5. The number of hydrogen-bond donors (Lipinski definition) is 7. The molecule has 216 valence electrons. The van der Waals surface area contributed by atoms with E-state index in [1.807, 2.05) is 0 Å². The number of phosphoric acid groups is 2. The fourth-order valence-corrected chi connectivity index (χ4v) is 5.77. The minimum atomic E-state index is -5.41. The molecule has 15 nitrogen and oxygen atoms in total. The van der Waals surface area contributed by atoms with Crippen LogP contribution >= 0.6 is 15.6 Å². The van der Waals surface area contributed by atoms with Gasteiger partial charge in [-0.3, -0.25) is 9.05 Å². The van der Waals surface area contributed by atoms with Crippen molar-refractivity contribution in [1.82, 2.24) is 0 Å². The fourth-order valence-electron chi connectivity index (χ4n) is 3.76. The second kappa shape index (κ2) is 15.5. The van der Waals surface area contributed by atoms with Gasteiger partial charge in [0.15, 0.2) is 0 Å². The second-order valence-corrected chi connectivity index (χ2v) is 12.2. The van der Waals surface area contributed by atoms with Crippen LogP contribution in [0.5, 0.6) is 0 Å². The van der Waals surface area contributed by atoms with Crippen LogP contribution in [0, 0.1) is 0 Å². The molecule has 7 N–H and O–H groups in total. The van der Waals surface area contributed by atoms with E-state index in [2.05, 4.69) is 24.3 Å². The summed E-state index contributed by atoms with van der Waals surface area (Å²) >= 11 is 0. The zero-order valence-corrected chi connectivity index (χ0v) is 22.5. The molecule has 1 rings (SSSR count). The molecule has 0 spiro atoms. The quantitative estimate of drug-likeness (QED) is 0.0856. The van der Waals surface area contributed by atoms with E-state index in [-0.39, 0.29) is 6.61 Å². The molecule has 1 aliphatic rings. The smallest absolute Gasteiger partial charge is 0.387 e. The van der Waals surface area contributed by atoms with Gasteiger partial charge in [-0.05, 0) is 6.42 Å². The van der Waals surface area contributed by atoms with E-state index in [1.165, 1.54) is 25.7 Å². The van der Waals surface area contributed by atoms with Crippen LogP contribution in [-0.2, 0) is 36.9 Å². The molecule has 0 aromatic carbocycles.